The summed E-state index contributed by atoms with van der Waals surface area (Å²) >= 11 is 0. The lowest BCUT2D eigenvalue weighted by Gasteiger charge is -2.28. The Morgan fingerprint density at radius 3 is 2.61 bits per heavy atom. The zero-order chi connectivity index (χ0) is 13.8. The molecule has 0 aliphatic heterocycles. The Morgan fingerprint density at radius 1 is 1.44 bits per heavy atom. The van der Waals surface area contributed by atoms with Crippen LogP contribution >= 0.6 is 0 Å². The highest BCUT2D eigenvalue weighted by molar-refractivity contribution is 5.73. The molecule has 18 heavy (non-hydrogen) atoms. The summed E-state index contributed by atoms with van der Waals surface area (Å²) in [5, 5.41) is 9.15. The highest BCUT2D eigenvalue weighted by atomic mass is 16.4. The molecule has 0 atom stereocenters. The van der Waals surface area contributed by atoms with Gasteiger partial charge in [-0.2, -0.15) is 0 Å². The van der Waals surface area contributed by atoms with Gasteiger partial charge in [-0.15, -0.1) is 0 Å². The molecular weight excluding hydrogens is 228 g/mol. The van der Waals surface area contributed by atoms with Crippen LogP contribution in [-0.2, 0) is 11.3 Å². The van der Waals surface area contributed by atoms with Crippen LogP contribution in [0, 0.1) is 12.3 Å². The molecule has 0 radical (unpaired) electrons. The Morgan fingerprint density at radius 2 is 2.11 bits per heavy atom. The predicted molar refractivity (Wildman–Crippen MR) is 71.3 cm³/mol. The number of aryl methyl sites for hydroxylation is 1. The zero-order valence-electron chi connectivity index (χ0n) is 11.6. The molecule has 0 amide bonds. The summed E-state index contributed by atoms with van der Waals surface area (Å²) in [6, 6.07) is 5.91. The van der Waals surface area contributed by atoms with Crippen LogP contribution in [0.4, 0.5) is 0 Å². The first-order chi connectivity index (χ1) is 8.35. The molecule has 0 aromatic carbocycles. The molecular formula is C14H22N2O2. The maximum atomic E-state index is 11.1. The van der Waals surface area contributed by atoms with Crippen LogP contribution in [-0.4, -0.2) is 34.0 Å². The van der Waals surface area contributed by atoms with Crippen LogP contribution in [0.1, 0.15) is 32.2 Å². The first-order valence-corrected chi connectivity index (χ1v) is 6.23. The summed E-state index contributed by atoms with van der Waals surface area (Å²) < 4.78 is 0. The van der Waals surface area contributed by atoms with E-state index in [4.69, 9.17) is 5.11 Å². The Hall–Kier alpha value is -1.42. The minimum atomic E-state index is -0.766. The number of rotatable bonds is 6. The Bertz CT molecular complexity index is 416. The summed E-state index contributed by atoms with van der Waals surface area (Å²) in [5.41, 5.74) is 1.24. The lowest BCUT2D eigenvalue weighted by Crippen LogP contribution is -2.39. The van der Waals surface area contributed by atoms with Gasteiger partial charge in [-0.25, -0.2) is 0 Å². The van der Waals surface area contributed by atoms with Crippen molar-refractivity contribution in [2.75, 3.05) is 13.1 Å². The molecule has 1 aromatic rings. The smallest absolute Gasteiger partial charge is 0.310 e. The fourth-order valence-electron chi connectivity index (χ4n) is 1.82. The summed E-state index contributed by atoms with van der Waals surface area (Å²) in [6.45, 7) is 9.52. The highest BCUT2D eigenvalue weighted by Crippen LogP contribution is 2.18. The molecule has 0 unspecified atom stereocenters. The SMILES string of the molecule is CCN(Cc1cccc(C)n1)CC(C)(C)C(=O)O. The third-order valence-electron chi connectivity index (χ3n) is 2.98. The van der Waals surface area contributed by atoms with Gasteiger partial charge in [-0.3, -0.25) is 14.7 Å². The number of carboxylic acids is 1. The number of hydrogen-bond donors (Lipinski definition) is 1. The molecule has 0 bridgehead atoms. The van der Waals surface area contributed by atoms with Crippen molar-refractivity contribution < 1.29 is 9.90 Å². The van der Waals surface area contributed by atoms with Crippen LogP contribution in [0.25, 0.3) is 0 Å². The van der Waals surface area contributed by atoms with Gasteiger partial charge in [0.25, 0.3) is 0 Å². The molecule has 0 fully saturated rings. The van der Waals surface area contributed by atoms with Crippen LogP contribution in [0.3, 0.4) is 0 Å². The first kappa shape index (κ1) is 14.6. The van der Waals surface area contributed by atoms with E-state index in [-0.39, 0.29) is 0 Å². The molecule has 0 spiro atoms. The maximum Gasteiger partial charge on any atom is 0.310 e. The van der Waals surface area contributed by atoms with E-state index in [1.54, 1.807) is 13.8 Å². The van der Waals surface area contributed by atoms with E-state index in [1.807, 2.05) is 32.0 Å². The van der Waals surface area contributed by atoms with Crippen molar-refractivity contribution in [2.24, 2.45) is 5.41 Å². The summed E-state index contributed by atoms with van der Waals surface area (Å²) in [4.78, 5) is 17.7. The molecule has 1 N–H and O–H groups in total. The van der Waals surface area contributed by atoms with Crippen molar-refractivity contribution >= 4 is 5.97 Å². The Balaban J connectivity index is 2.71. The molecule has 4 heteroatoms. The third kappa shape index (κ3) is 4.11. The van der Waals surface area contributed by atoms with Gasteiger partial charge in [0.1, 0.15) is 0 Å². The number of hydrogen-bond acceptors (Lipinski definition) is 3. The van der Waals surface area contributed by atoms with Crippen LogP contribution < -0.4 is 0 Å². The minimum absolute atomic E-state index is 0.522. The second-order valence-corrected chi connectivity index (χ2v) is 5.26. The van der Waals surface area contributed by atoms with Crippen molar-refractivity contribution in [2.45, 2.75) is 34.2 Å². The maximum absolute atomic E-state index is 11.1. The number of pyridine rings is 1. The van der Waals surface area contributed by atoms with Crippen LogP contribution in [0.15, 0.2) is 18.2 Å². The van der Waals surface area contributed by atoms with Crippen molar-refractivity contribution in [1.82, 2.24) is 9.88 Å². The highest BCUT2D eigenvalue weighted by Gasteiger charge is 2.29. The van der Waals surface area contributed by atoms with Gasteiger partial charge in [0, 0.05) is 18.8 Å². The van der Waals surface area contributed by atoms with Gasteiger partial charge < -0.3 is 5.11 Å². The standard InChI is InChI=1S/C14H22N2O2/c1-5-16(10-14(3,4)13(17)18)9-12-8-6-7-11(2)15-12/h6-8H,5,9-10H2,1-4H3,(H,17,18). The number of aliphatic carboxylic acids is 1. The van der Waals surface area contributed by atoms with Gasteiger partial charge >= 0.3 is 5.97 Å². The minimum Gasteiger partial charge on any atom is -0.481 e. The van der Waals surface area contributed by atoms with E-state index < -0.39 is 11.4 Å². The average molecular weight is 250 g/mol. The van der Waals surface area contributed by atoms with E-state index in [0.717, 1.165) is 17.9 Å². The quantitative estimate of drug-likeness (QED) is 0.842. The van der Waals surface area contributed by atoms with Gasteiger partial charge in [0.15, 0.2) is 0 Å². The van der Waals surface area contributed by atoms with Gasteiger partial charge in [-0.05, 0) is 39.4 Å². The molecule has 0 saturated heterocycles. The molecule has 4 nitrogen and oxygen atoms in total. The van der Waals surface area contributed by atoms with Crippen molar-refractivity contribution in [3.8, 4) is 0 Å². The number of aromatic nitrogens is 1. The largest absolute Gasteiger partial charge is 0.481 e. The fraction of sp³-hybridized carbons (Fsp3) is 0.571. The molecule has 1 rings (SSSR count). The lowest BCUT2D eigenvalue weighted by molar-refractivity contribution is -0.148. The molecule has 1 heterocycles. The first-order valence-electron chi connectivity index (χ1n) is 6.23. The van der Waals surface area contributed by atoms with E-state index in [2.05, 4.69) is 9.88 Å². The zero-order valence-corrected chi connectivity index (χ0v) is 11.6. The van der Waals surface area contributed by atoms with E-state index in [1.165, 1.54) is 0 Å². The predicted octanol–water partition coefficient (Wildman–Crippen LogP) is 2.32. The number of carbonyl (C=O) groups is 1. The summed E-state index contributed by atoms with van der Waals surface area (Å²) in [7, 11) is 0. The van der Waals surface area contributed by atoms with Crippen molar-refractivity contribution in [3.63, 3.8) is 0 Å². The van der Waals surface area contributed by atoms with Crippen molar-refractivity contribution in [3.05, 3.63) is 29.6 Å². The topological polar surface area (TPSA) is 53.4 Å². The van der Waals surface area contributed by atoms with Crippen molar-refractivity contribution in [1.29, 1.82) is 0 Å². The Kier molecular flexibility index (Phi) is 4.84. The summed E-state index contributed by atoms with van der Waals surface area (Å²) in [5.74, 6) is -0.766. The molecule has 0 aliphatic rings. The van der Waals surface area contributed by atoms with E-state index in [9.17, 15) is 4.79 Å². The number of nitrogens with zero attached hydrogens (tertiary/aromatic N) is 2. The average Bonchev–Trinajstić information content (AvgIpc) is 2.27. The second kappa shape index (κ2) is 5.96. The molecule has 1 aromatic heterocycles. The molecule has 0 saturated carbocycles. The fourth-order valence-corrected chi connectivity index (χ4v) is 1.82. The monoisotopic (exact) mass is 250 g/mol. The lowest BCUT2D eigenvalue weighted by atomic mass is 9.93. The van der Waals surface area contributed by atoms with Gasteiger partial charge in [0.05, 0.1) is 11.1 Å². The summed E-state index contributed by atoms with van der Waals surface area (Å²) in [6.07, 6.45) is 0. The molecule has 100 valence electrons. The van der Waals surface area contributed by atoms with E-state index >= 15 is 0 Å². The Labute approximate surface area is 109 Å². The number of carboxylic acid groups (broad SMARTS) is 1. The normalized spacial score (nSPS) is 11.8. The third-order valence-corrected chi connectivity index (χ3v) is 2.98. The van der Waals surface area contributed by atoms with Gasteiger partial charge in [-0.1, -0.05) is 13.0 Å². The van der Waals surface area contributed by atoms with Crippen LogP contribution in [0.5, 0.6) is 0 Å². The van der Waals surface area contributed by atoms with Gasteiger partial charge in [0.2, 0.25) is 0 Å². The van der Waals surface area contributed by atoms with Crippen LogP contribution in [0.2, 0.25) is 0 Å². The van der Waals surface area contributed by atoms with E-state index in [0.29, 0.717) is 13.1 Å². The molecule has 0 aliphatic carbocycles. The second-order valence-electron chi connectivity index (χ2n) is 5.26.